The van der Waals surface area contributed by atoms with Crippen LogP contribution in [0.15, 0.2) is 42.5 Å². The van der Waals surface area contributed by atoms with Crippen LogP contribution in [0, 0.1) is 17.0 Å². The molecule has 0 atom stereocenters. The van der Waals surface area contributed by atoms with Crippen molar-refractivity contribution in [2.24, 2.45) is 0 Å². The molecule has 18 heavy (non-hydrogen) atoms. The molecule has 0 amide bonds. The zero-order valence-electron chi connectivity index (χ0n) is 10.2. The summed E-state index contributed by atoms with van der Waals surface area (Å²) in [5.41, 5.74) is 2.94. The number of benzene rings is 2. The van der Waals surface area contributed by atoms with Crippen LogP contribution in [0.4, 0.5) is 5.69 Å². The predicted molar refractivity (Wildman–Crippen MR) is 69.8 cm³/mol. The molecule has 0 aromatic heterocycles. The van der Waals surface area contributed by atoms with Crippen LogP contribution in [-0.4, -0.2) is 12.0 Å². The van der Waals surface area contributed by atoms with Crippen molar-refractivity contribution in [1.29, 1.82) is 0 Å². The quantitative estimate of drug-likeness (QED) is 0.611. The Kier molecular flexibility index (Phi) is 3.28. The van der Waals surface area contributed by atoms with E-state index < -0.39 is 0 Å². The Morgan fingerprint density at radius 2 is 1.94 bits per heavy atom. The zero-order valence-corrected chi connectivity index (χ0v) is 10.2. The average molecular weight is 243 g/mol. The normalized spacial score (nSPS) is 10.1. The Labute approximate surface area is 105 Å². The Hall–Kier alpha value is -2.36. The predicted octanol–water partition coefficient (Wildman–Crippen LogP) is 3.58. The van der Waals surface area contributed by atoms with Crippen molar-refractivity contribution in [2.45, 2.75) is 6.92 Å². The first-order valence-electron chi connectivity index (χ1n) is 5.51. The van der Waals surface area contributed by atoms with E-state index in [4.69, 9.17) is 4.74 Å². The maximum Gasteiger partial charge on any atom is 0.269 e. The van der Waals surface area contributed by atoms with Gasteiger partial charge in [0.2, 0.25) is 0 Å². The monoisotopic (exact) mass is 243 g/mol. The number of aryl methyl sites for hydroxylation is 1. The summed E-state index contributed by atoms with van der Waals surface area (Å²) in [5, 5.41) is 10.7. The second-order valence-corrected chi connectivity index (χ2v) is 3.99. The van der Waals surface area contributed by atoms with Crippen molar-refractivity contribution in [3.8, 4) is 16.9 Å². The summed E-state index contributed by atoms with van der Waals surface area (Å²) < 4.78 is 5.17. The molecule has 4 nitrogen and oxygen atoms in total. The third-order valence-electron chi connectivity index (χ3n) is 2.80. The van der Waals surface area contributed by atoms with E-state index in [0.29, 0.717) is 0 Å². The first-order valence-corrected chi connectivity index (χ1v) is 5.51. The van der Waals surface area contributed by atoms with E-state index in [9.17, 15) is 10.1 Å². The van der Waals surface area contributed by atoms with E-state index in [0.717, 1.165) is 22.4 Å². The second-order valence-electron chi connectivity index (χ2n) is 3.99. The van der Waals surface area contributed by atoms with Gasteiger partial charge in [0, 0.05) is 12.1 Å². The van der Waals surface area contributed by atoms with Gasteiger partial charge >= 0.3 is 0 Å². The van der Waals surface area contributed by atoms with Gasteiger partial charge < -0.3 is 4.74 Å². The third-order valence-corrected chi connectivity index (χ3v) is 2.80. The maximum absolute atomic E-state index is 10.7. The van der Waals surface area contributed by atoms with Crippen LogP contribution in [0.5, 0.6) is 5.75 Å². The highest BCUT2D eigenvalue weighted by atomic mass is 16.6. The topological polar surface area (TPSA) is 52.4 Å². The van der Waals surface area contributed by atoms with Crippen molar-refractivity contribution < 1.29 is 9.66 Å². The average Bonchev–Trinajstić information content (AvgIpc) is 2.38. The van der Waals surface area contributed by atoms with Gasteiger partial charge in [-0.05, 0) is 41.8 Å². The van der Waals surface area contributed by atoms with E-state index in [2.05, 4.69) is 0 Å². The summed E-state index contributed by atoms with van der Waals surface area (Å²) in [6, 6.07) is 12.5. The fourth-order valence-corrected chi connectivity index (χ4v) is 1.88. The van der Waals surface area contributed by atoms with Crippen molar-refractivity contribution >= 4 is 5.69 Å². The number of hydrogen-bond acceptors (Lipinski definition) is 3. The molecule has 4 heteroatoms. The third kappa shape index (κ3) is 2.32. The van der Waals surface area contributed by atoms with Gasteiger partial charge in [0.25, 0.3) is 5.69 Å². The number of ether oxygens (including phenoxy) is 1. The van der Waals surface area contributed by atoms with Crippen molar-refractivity contribution in [2.75, 3.05) is 7.11 Å². The molecular weight excluding hydrogens is 230 g/mol. The minimum absolute atomic E-state index is 0.110. The second kappa shape index (κ2) is 4.87. The van der Waals surface area contributed by atoms with Gasteiger partial charge in [-0.3, -0.25) is 10.1 Å². The summed E-state index contributed by atoms with van der Waals surface area (Å²) in [7, 11) is 1.61. The number of rotatable bonds is 3. The molecule has 0 saturated carbocycles. The number of nitro groups is 1. The Morgan fingerprint density at radius 1 is 1.17 bits per heavy atom. The van der Waals surface area contributed by atoms with Crippen LogP contribution >= 0.6 is 0 Å². The molecule has 0 aliphatic heterocycles. The van der Waals surface area contributed by atoms with Gasteiger partial charge in [-0.1, -0.05) is 12.1 Å². The standard InChI is InChI=1S/C14H13NO3/c1-10-8-12(15(16)17)6-7-14(10)11-4-3-5-13(9-11)18-2/h3-9H,1-2H3. The number of nitro benzene ring substituents is 1. The molecule has 0 unspecified atom stereocenters. The van der Waals surface area contributed by atoms with Crippen molar-refractivity contribution in [3.05, 3.63) is 58.1 Å². The van der Waals surface area contributed by atoms with E-state index in [1.54, 1.807) is 19.2 Å². The minimum Gasteiger partial charge on any atom is -0.497 e. The molecule has 0 aliphatic rings. The summed E-state index contributed by atoms with van der Waals surface area (Å²) >= 11 is 0. The number of hydrogen-bond donors (Lipinski definition) is 0. The Morgan fingerprint density at radius 3 is 2.56 bits per heavy atom. The highest BCUT2D eigenvalue weighted by Gasteiger charge is 2.09. The zero-order chi connectivity index (χ0) is 13.1. The SMILES string of the molecule is COc1cccc(-c2ccc([N+](=O)[O-])cc2C)c1. The van der Waals surface area contributed by atoms with Crippen molar-refractivity contribution in [1.82, 2.24) is 0 Å². The smallest absolute Gasteiger partial charge is 0.269 e. The molecule has 92 valence electrons. The summed E-state index contributed by atoms with van der Waals surface area (Å²) in [6.07, 6.45) is 0. The molecule has 0 spiro atoms. The maximum atomic E-state index is 10.7. The lowest BCUT2D eigenvalue weighted by molar-refractivity contribution is -0.384. The Balaban J connectivity index is 2.47. The number of methoxy groups -OCH3 is 1. The van der Waals surface area contributed by atoms with Crippen LogP contribution < -0.4 is 4.74 Å². The largest absolute Gasteiger partial charge is 0.497 e. The highest BCUT2D eigenvalue weighted by molar-refractivity contribution is 5.70. The van der Waals surface area contributed by atoms with Crippen LogP contribution in [0.3, 0.4) is 0 Å². The van der Waals surface area contributed by atoms with E-state index >= 15 is 0 Å². The lowest BCUT2D eigenvalue weighted by Gasteiger charge is -2.07. The van der Waals surface area contributed by atoms with E-state index in [1.807, 2.05) is 31.2 Å². The summed E-state index contributed by atoms with van der Waals surface area (Å²) in [6.45, 7) is 1.86. The van der Waals surface area contributed by atoms with Gasteiger partial charge in [0.15, 0.2) is 0 Å². The molecule has 2 aromatic carbocycles. The fourth-order valence-electron chi connectivity index (χ4n) is 1.88. The number of nitrogens with zero attached hydrogens (tertiary/aromatic N) is 1. The van der Waals surface area contributed by atoms with Crippen LogP contribution in [-0.2, 0) is 0 Å². The van der Waals surface area contributed by atoms with Gasteiger partial charge in [0.1, 0.15) is 5.75 Å². The van der Waals surface area contributed by atoms with E-state index in [1.165, 1.54) is 6.07 Å². The van der Waals surface area contributed by atoms with Crippen LogP contribution in [0.2, 0.25) is 0 Å². The van der Waals surface area contributed by atoms with Gasteiger partial charge in [-0.15, -0.1) is 0 Å². The molecule has 0 N–H and O–H groups in total. The fraction of sp³-hybridized carbons (Fsp3) is 0.143. The Bertz CT molecular complexity index is 593. The van der Waals surface area contributed by atoms with Gasteiger partial charge in [0.05, 0.1) is 12.0 Å². The van der Waals surface area contributed by atoms with Crippen LogP contribution in [0.25, 0.3) is 11.1 Å². The van der Waals surface area contributed by atoms with Crippen LogP contribution in [0.1, 0.15) is 5.56 Å². The minimum atomic E-state index is -0.387. The number of non-ortho nitro benzene ring substituents is 1. The first kappa shape index (κ1) is 12.1. The molecule has 2 aromatic rings. The van der Waals surface area contributed by atoms with Gasteiger partial charge in [-0.2, -0.15) is 0 Å². The van der Waals surface area contributed by atoms with Crippen molar-refractivity contribution in [3.63, 3.8) is 0 Å². The molecule has 0 radical (unpaired) electrons. The summed E-state index contributed by atoms with van der Waals surface area (Å²) in [5.74, 6) is 0.769. The highest BCUT2D eigenvalue weighted by Crippen LogP contribution is 2.28. The molecule has 2 rings (SSSR count). The van der Waals surface area contributed by atoms with Gasteiger partial charge in [-0.25, -0.2) is 0 Å². The lowest BCUT2D eigenvalue weighted by atomic mass is 10.00. The summed E-state index contributed by atoms with van der Waals surface area (Å²) in [4.78, 5) is 10.3. The lowest BCUT2D eigenvalue weighted by Crippen LogP contribution is -1.91. The molecule has 0 bridgehead atoms. The molecule has 0 saturated heterocycles. The first-order chi connectivity index (χ1) is 8.61. The molecule has 0 fully saturated rings. The molecular formula is C14H13NO3. The molecule has 0 aliphatic carbocycles. The molecule has 0 heterocycles. The van der Waals surface area contributed by atoms with E-state index in [-0.39, 0.29) is 10.6 Å².